The van der Waals surface area contributed by atoms with Crippen molar-refractivity contribution in [3.05, 3.63) is 58.6 Å². The van der Waals surface area contributed by atoms with E-state index in [1.54, 1.807) is 49.4 Å². The maximum Gasteiger partial charge on any atom is 0.244 e. The van der Waals surface area contributed by atoms with Crippen molar-refractivity contribution >= 4 is 17.5 Å². The van der Waals surface area contributed by atoms with Gasteiger partial charge in [-0.3, -0.25) is 5.41 Å². The SMILES string of the molecule is COc1ccc(C2OC3(c4cccc(Cl)c4)OC(=N)C(C#N)(C3C)C2(C#N)C#N)cc1OC. The first-order valence-electron chi connectivity index (χ1n) is 9.97. The molecular formula is C24H19ClN4O4. The van der Waals surface area contributed by atoms with Crippen LogP contribution in [0.4, 0.5) is 0 Å². The molecule has 2 aromatic carbocycles. The number of nitrogens with one attached hydrogen (secondary N) is 1. The van der Waals surface area contributed by atoms with Crippen LogP contribution in [0, 0.1) is 56.2 Å². The van der Waals surface area contributed by atoms with Crippen molar-refractivity contribution in [1.29, 1.82) is 21.2 Å². The summed E-state index contributed by atoms with van der Waals surface area (Å²) in [5.74, 6) is -2.20. The van der Waals surface area contributed by atoms with Crippen molar-refractivity contribution in [2.75, 3.05) is 14.2 Å². The summed E-state index contributed by atoms with van der Waals surface area (Å²) in [4.78, 5) is 0. The molecule has 2 saturated heterocycles. The molecule has 0 spiro atoms. The Balaban J connectivity index is 2.03. The van der Waals surface area contributed by atoms with Crippen LogP contribution in [0.2, 0.25) is 5.02 Å². The molecule has 2 fully saturated rings. The minimum absolute atomic E-state index is 0.355. The average molecular weight is 463 g/mol. The van der Waals surface area contributed by atoms with Gasteiger partial charge in [0.1, 0.15) is 6.10 Å². The van der Waals surface area contributed by atoms with Gasteiger partial charge in [0, 0.05) is 10.6 Å². The molecule has 0 radical (unpaired) electrons. The van der Waals surface area contributed by atoms with Gasteiger partial charge in [0.15, 0.2) is 16.9 Å². The summed E-state index contributed by atoms with van der Waals surface area (Å²) >= 11 is 6.22. The Morgan fingerprint density at radius 3 is 2.27 bits per heavy atom. The first-order valence-corrected chi connectivity index (χ1v) is 10.4. The molecule has 4 rings (SSSR count). The number of ether oxygens (including phenoxy) is 4. The van der Waals surface area contributed by atoms with Crippen molar-refractivity contribution in [1.82, 2.24) is 0 Å². The Bertz CT molecular complexity index is 1260. The van der Waals surface area contributed by atoms with Crippen molar-refractivity contribution in [2.45, 2.75) is 18.8 Å². The van der Waals surface area contributed by atoms with E-state index in [0.29, 0.717) is 27.6 Å². The molecule has 2 aliphatic heterocycles. The van der Waals surface area contributed by atoms with E-state index in [4.69, 9.17) is 36.0 Å². The molecule has 33 heavy (non-hydrogen) atoms. The fraction of sp³-hybridized carbons (Fsp3) is 0.333. The van der Waals surface area contributed by atoms with Gasteiger partial charge in [0.2, 0.25) is 17.1 Å². The van der Waals surface area contributed by atoms with Crippen molar-refractivity contribution in [2.24, 2.45) is 16.7 Å². The number of rotatable bonds is 4. The number of nitriles is 3. The van der Waals surface area contributed by atoms with Gasteiger partial charge in [-0.1, -0.05) is 36.7 Å². The van der Waals surface area contributed by atoms with Gasteiger partial charge in [-0.2, -0.15) is 15.8 Å². The molecule has 2 aromatic rings. The fourth-order valence-electron chi connectivity index (χ4n) is 4.89. The molecule has 8 nitrogen and oxygen atoms in total. The van der Waals surface area contributed by atoms with Crippen LogP contribution in [0.3, 0.4) is 0 Å². The van der Waals surface area contributed by atoms with Gasteiger partial charge < -0.3 is 18.9 Å². The highest BCUT2D eigenvalue weighted by Gasteiger charge is 2.79. The lowest BCUT2D eigenvalue weighted by molar-refractivity contribution is -0.288. The van der Waals surface area contributed by atoms with Gasteiger partial charge in [0.25, 0.3) is 0 Å². The van der Waals surface area contributed by atoms with E-state index < -0.39 is 34.5 Å². The van der Waals surface area contributed by atoms with E-state index in [1.165, 1.54) is 14.2 Å². The molecule has 9 heteroatoms. The van der Waals surface area contributed by atoms with Crippen LogP contribution >= 0.6 is 11.6 Å². The van der Waals surface area contributed by atoms with Crippen LogP contribution in [-0.4, -0.2) is 20.1 Å². The topological polar surface area (TPSA) is 132 Å². The third-order valence-corrected chi connectivity index (χ3v) is 6.84. The minimum Gasteiger partial charge on any atom is -0.493 e. The third-order valence-electron chi connectivity index (χ3n) is 6.61. The van der Waals surface area contributed by atoms with Crippen LogP contribution in [0.1, 0.15) is 24.2 Å². The number of methoxy groups -OCH3 is 2. The van der Waals surface area contributed by atoms with E-state index in [1.807, 2.05) is 12.1 Å². The number of halogens is 1. The van der Waals surface area contributed by atoms with Gasteiger partial charge in [-0.05, 0) is 29.8 Å². The largest absolute Gasteiger partial charge is 0.493 e. The zero-order valence-electron chi connectivity index (χ0n) is 18.0. The molecule has 0 aromatic heterocycles. The smallest absolute Gasteiger partial charge is 0.244 e. The van der Waals surface area contributed by atoms with Crippen LogP contribution in [0.15, 0.2) is 42.5 Å². The van der Waals surface area contributed by atoms with E-state index >= 15 is 0 Å². The first-order chi connectivity index (χ1) is 15.8. The van der Waals surface area contributed by atoms with Gasteiger partial charge in [0.05, 0.1) is 38.3 Å². The highest BCUT2D eigenvalue weighted by molar-refractivity contribution is 6.30. The molecule has 166 valence electrons. The summed E-state index contributed by atoms with van der Waals surface area (Å²) in [6, 6.07) is 17.7. The molecule has 1 N–H and O–H groups in total. The quantitative estimate of drug-likeness (QED) is 0.708. The van der Waals surface area contributed by atoms with Crippen molar-refractivity contribution < 1.29 is 18.9 Å². The maximum absolute atomic E-state index is 10.4. The summed E-state index contributed by atoms with van der Waals surface area (Å²) in [7, 11) is 2.94. The molecule has 0 amide bonds. The number of nitrogens with zero attached hydrogens (tertiary/aromatic N) is 3. The average Bonchev–Trinajstić information content (AvgIpc) is 3.00. The Kier molecular flexibility index (Phi) is 5.21. The van der Waals surface area contributed by atoms with Gasteiger partial charge in [-0.25, -0.2) is 0 Å². The van der Waals surface area contributed by atoms with E-state index in [9.17, 15) is 15.8 Å². The normalized spacial score (nSPS) is 29.2. The summed E-state index contributed by atoms with van der Waals surface area (Å²) in [5, 5.41) is 40.0. The molecule has 4 atom stereocenters. The predicted molar refractivity (Wildman–Crippen MR) is 116 cm³/mol. The number of fused-ring (bicyclic) bond motifs is 2. The number of benzene rings is 2. The standard InChI is InChI=1S/C24H19ClN4O4/c1-14-23(13-28)21(29)33-24(14,16-5-4-6-17(25)10-16)32-20(22(23,11-26)12-27)15-7-8-18(30-2)19(9-15)31-3/h4-10,14,20,29H,1-3H3. The zero-order valence-corrected chi connectivity index (χ0v) is 18.8. The molecule has 4 unspecified atom stereocenters. The van der Waals surface area contributed by atoms with Gasteiger partial charge in [-0.15, -0.1) is 0 Å². The fourth-order valence-corrected chi connectivity index (χ4v) is 5.08. The van der Waals surface area contributed by atoms with Crippen LogP contribution in [0.25, 0.3) is 0 Å². The molecule has 0 saturated carbocycles. The van der Waals surface area contributed by atoms with E-state index in [-0.39, 0.29) is 0 Å². The molecule has 2 aliphatic rings. The van der Waals surface area contributed by atoms with Crippen molar-refractivity contribution in [3.63, 3.8) is 0 Å². The monoisotopic (exact) mass is 462 g/mol. The lowest BCUT2D eigenvalue weighted by atomic mass is 9.53. The second-order valence-electron chi connectivity index (χ2n) is 7.89. The van der Waals surface area contributed by atoms with Gasteiger partial charge >= 0.3 is 0 Å². The van der Waals surface area contributed by atoms with Crippen molar-refractivity contribution in [3.8, 4) is 29.7 Å². The minimum atomic E-state index is -2.09. The number of hydrogen-bond acceptors (Lipinski definition) is 8. The Labute approximate surface area is 195 Å². The van der Waals surface area contributed by atoms with Crippen LogP contribution < -0.4 is 9.47 Å². The second kappa shape index (κ2) is 7.67. The summed E-state index contributed by atoms with van der Waals surface area (Å²) in [5.41, 5.74) is -3.13. The Hall–Kier alpha value is -3.77. The lowest BCUT2D eigenvalue weighted by Gasteiger charge is -2.48. The summed E-state index contributed by atoms with van der Waals surface area (Å²) in [6.45, 7) is 1.64. The third kappa shape index (κ3) is 2.67. The molecule has 2 bridgehead atoms. The Morgan fingerprint density at radius 1 is 1.00 bits per heavy atom. The van der Waals surface area contributed by atoms with Crippen LogP contribution in [0.5, 0.6) is 11.5 Å². The highest BCUT2D eigenvalue weighted by atomic mass is 35.5. The highest BCUT2D eigenvalue weighted by Crippen LogP contribution is 2.69. The first kappa shape index (κ1) is 22.4. The Morgan fingerprint density at radius 2 is 1.70 bits per heavy atom. The van der Waals surface area contributed by atoms with E-state index in [0.717, 1.165) is 0 Å². The summed E-state index contributed by atoms with van der Waals surface area (Å²) < 4.78 is 23.1. The molecular weight excluding hydrogens is 444 g/mol. The maximum atomic E-state index is 10.4. The number of hydrogen-bond donors (Lipinski definition) is 1. The molecule has 0 aliphatic carbocycles. The van der Waals surface area contributed by atoms with Crippen LogP contribution in [-0.2, 0) is 15.3 Å². The zero-order chi connectivity index (χ0) is 24.0. The molecule has 2 heterocycles. The second-order valence-corrected chi connectivity index (χ2v) is 8.33. The summed E-state index contributed by atoms with van der Waals surface area (Å²) in [6.07, 6.45) is -1.26. The van der Waals surface area contributed by atoms with E-state index in [2.05, 4.69) is 6.07 Å². The lowest BCUT2D eigenvalue weighted by Crippen LogP contribution is -2.57. The predicted octanol–water partition coefficient (Wildman–Crippen LogP) is 4.47.